The number of Topliss-reactive ketones (excluding diaryl/α,β-unsaturated/α-hetero) is 1. The molecule has 0 bridgehead atoms. The standard InChI is InChI=1S/C33H39F2N5O3S/c1-17-21-9-8-14-42-29(21)24(35)15-22(17)27-23-16-25(31-37-32(38-44-31)40-12-10-20(34)11-13-40)39(7)30(23)36-18(2)26(27)28(19(3)41)43-33(4,5)6/h15-16,20,28H,8-14H2,1-7H3/t28-/m1/s1. The molecular weight excluding hydrogens is 584 g/mol. The van der Waals surface area contributed by atoms with Crippen molar-refractivity contribution in [1.29, 1.82) is 0 Å². The molecule has 8 nitrogen and oxygen atoms in total. The van der Waals surface area contributed by atoms with Gasteiger partial charge in [0.15, 0.2) is 22.4 Å². The number of rotatable bonds is 6. The Bertz CT molecular complexity index is 1750. The number of aromatic nitrogens is 4. The number of halogens is 2. The summed E-state index contributed by atoms with van der Waals surface area (Å²) < 4.78 is 48.2. The highest BCUT2D eigenvalue weighted by Crippen LogP contribution is 2.46. The van der Waals surface area contributed by atoms with Crippen molar-refractivity contribution in [3.63, 3.8) is 0 Å². The van der Waals surface area contributed by atoms with Crippen LogP contribution in [0.4, 0.5) is 14.7 Å². The first kappa shape index (κ1) is 30.6. The lowest BCUT2D eigenvalue weighted by molar-refractivity contribution is -0.138. The predicted molar refractivity (Wildman–Crippen MR) is 169 cm³/mol. The number of aryl methyl sites for hydroxylation is 2. The van der Waals surface area contributed by atoms with Gasteiger partial charge in [-0.25, -0.2) is 13.8 Å². The van der Waals surface area contributed by atoms with Crippen molar-refractivity contribution in [3.05, 3.63) is 40.3 Å². The van der Waals surface area contributed by atoms with Gasteiger partial charge in [-0.2, -0.15) is 9.36 Å². The molecule has 0 amide bonds. The lowest BCUT2D eigenvalue weighted by Crippen LogP contribution is -2.34. The van der Waals surface area contributed by atoms with Crippen LogP contribution < -0.4 is 9.64 Å². The van der Waals surface area contributed by atoms with E-state index in [9.17, 15) is 9.18 Å². The molecule has 3 aromatic heterocycles. The number of hydrogen-bond acceptors (Lipinski definition) is 8. The molecule has 1 atom stereocenters. The van der Waals surface area contributed by atoms with E-state index in [0.29, 0.717) is 78.1 Å². The van der Waals surface area contributed by atoms with Crippen molar-refractivity contribution < 1.29 is 23.0 Å². The molecule has 0 radical (unpaired) electrons. The van der Waals surface area contributed by atoms with Crippen LogP contribution in [0.3, 0.4) is 0 Å². The molecule has 0 aliphatic carbocycles. The number of benzene rings is 1. The van der Waals surface area contributed by atoms with Crippen molar-refractivity contribution in [2.24, 2.45) is 7.05 Å². The molecule has 4 aromatic rings. The average molecular weight is 624 g/mol. The lowest BCUT2D eigenvalue weighted by atomic mass is 9.86. The first-order chi connectivity index (χ1) is 20.8. The van der Waals surface area contributed by atoms with Crippen LogP contribution in [-0.4, -0.2) is 56.2 Å². The van der Waals surface area contributed by atoms with Gasteiger partial charge in [-0.15, -0.1) is 0 Å². The third-order valence-corrected chi connectivity index (χ3v) is 9.28. The lowest BCUT2D eigenvalue weighted by Gasteiger charge is -2.30. The quantitative estimate of drug-likeness (QED) is 0.224. The van der Waals surface area contributed by atoms with Gasteiger partial charge in [0.25, 0.3) is 0 Å². The molecule has 0 N–H and O–H groups in total. The van der Waals surface area contributed by atoms with Crippen LogP contribution in [0, 0.1) is 19.7 Å². The normalized spacial score (nSPS) is 16.7. The Morgan fingerprint density at radius 2 is 1.91 bits per heavy atom. The number of pyridine rings is 1. The van der Waals surface area contributed by atoms with Crippen LogP contribution in [-0.2, 0) is 23.0 Å². The Balaban J connectivity index is 1.59. The van der Waals surface area contributed by atoms with Gasteiger partial charge in [0.1, 0.15) is 17.9 Å². The van der Waals surface area contributed by atoms with Gasteiger partial charge < -0.3 is 18.9 Å². The number of alkyl halides is 1. The average Bonchev–Trinajstić information content (AvgIpc) is 3.58. The summed E-state index contributed by atoms with van der Waals surface area (Å²) in [5.74, 6) is 0.316. The highest BCUT2D eigenvalue weighted by atomic mass is 32.1. The number of ether oxygens (including phenoxy) is 2. The van der Waals surface area contributed by atoms with E-state index in [2.05, 4.69) is 4.37 Å². The van der Waals surface area contributed by atoms with E-state index in [0.717, 1.165) is 34.2 Å². The first-order valence-corrected chi connectivity index (χ1v) is 16.0. The summed E-state index contributed by atoms with van der Waals surface area (Å²) in [4.78, 5) is 25.1. The Kier molecular flexibility index (Phi) is 7.98. The van der Waals surface area contributed by atoms with E-state index in [1.54, 1.807) is 0 Å². The van der Waals surface area contributed by atoms with Crippen LogP contribution in [0.15, 0.2) is 12.1 Å². The Hall–Kier alpha value is -3.44. The Morgan fingerprint density at radius 1 is 1.18 bits per heavy atom. The molecule has 44 heavy (non-hydrogen) atoms. The number of fused-ring (bicyclic) bond motifs is 2. The largest absolute Gasteiger partial charge is 0.490 e. The summed E-state index contributed by atoms with van der Waals surface area (Å²) in [6.07, 6.45) is 0.744. The summed E-state index contributed by atoms with van der Waals surface area (Å²) in [6.45, 7) is 12.7. The maximum Gasteiger partial charge on any atom is 0.237 e. The van der Waals surface area contributed by atoms with Crippen molar-refractivity contribution in [3.8, 4) is 27.6 Å². The zero-order chi connectivity index (χ0) is 31.5. The van der Waals surface area contributed by atoms with Crippen molar-refractivity contribution >= 4 is 34.3 Å². The maximum absolute atomic E-state index is 15.7. The molecule has 0 spiro atoms. The number of hydrogen-bond donors (Lipinski definition) is 0. The minimum atomic E-state index is -0.910. The van der Waals surface area contributed by atoms with Gasteiger partial charge >= 0.3 is 0 Å². The van der Waals surface area contributed by atoms with Crippen molar-refractivity contribution in [1.82, 2.24) is 18.9 Å². The SMILES string of the molecule is CC(=O)[C@@H](OC(C)(C)C)c1c(C)nc2c(cc(-c3nc(N4CCC(F)CC4)ns3)n2C)c1-c1cc(F)c2c(c1C)CCCO2. The number of carbonyl (C=O) groups is 1. The van der Waals surface area contributed by atoms with Crippen molar-refractivity contribution in [2.45, 2.75) is 85.1 Å². The van der Waals surface area contributed by atoms with E-state index in [-0.39, 0.29) is 5.78 Å². The van der Waals surface area contributed by atoms with Gasteiger partial charge in [0, 0.05) is 47.9 Å². The molecule has 1 saturated heterocycles. The van der Waals surface area contributed by atoms with Gasteiger partial charge in [0.2, 0.25) is 5.95 Å². The molecule has 2 aliphatic rings. The zero-order valence-electron chi connectivity index (χ0n) is 26.4. The zero-order valence-corrected chi connectivity index (χ0v) is 27.2. The number of nitrogens with zero attached hydrogens (tertiary/aromatic N) is 5. The minimum absolute atomic E-state index is 0.160. The summed E-state index contributed by atoms with van der Waals surface area (Å²) in [5.41, 5.74) is 5.27. The smallest absolute Gasteiger partial charge is 0.237 e. The van der Waals surface area contributed by atoms with Crippen LogP contribution >= 0.6 is 11.5 Å². The number of carbonyl (C=O) groups excluding carboxylic acids is 1. The second-order valence-electron chi connectivity index (χ2n) is 12.9. The summed E-state index contributed by atoms with van der Waals surface area (Å²) in [7, 11) is 1.92. The molecule has 6 rings (SSSR count). The number of ketones is 1. The highest BCUT2D eigenvalue weighted by Gasteiger charge is 2.33. The molecule has 1 fully saturated rings. The second kappa shape index (κ2) is 11.5. The third kappa shape index (κ3) is 5.49. The van der Waals surface area contributed by atoms with Gasteiger partial charge in [-0.1, -0.05) is 0 Å². The second-order valence-corrected chi connectivity index (χ2v) is 13.6. The minimum Gasteiger partial charge on any atom is -0.490 e. The Labute approximate surface area is 260 Å². The fraction of sp³-hybridized carbons (Fsp3) is 0.515. The first-order valence-electron chi connectivity index (χ1n) is 15.2. The van der Waals surface area contributed by atoms with Crippen LogP contribution in [0.1, 0.15) is 75.4 Å². The molecule has 5 heterocycles. The fourth-order valence-electron chi connectivity index (χ4n) is 6.39. The summed E-state index contributed by atoms with van der Waals surface area (Å²) in [6, 6.07) is 3.52. The van der Waals surface area contributed by atoms with E-state index < -0.39 is 23.7 Å². The molecule has 11 heteroatoms. The molecule has 234 valence electrons. The molecule has 2 aliphatic heterocycles. The van der Waals surface area contributed by atoms with E-state index in [4.69, 9.17) is 19.4 Å². The Morgan fingerprint density at radius 3 is 2.59 bits per heavy atom. The van der Waals surface area contributed by atoms with Crippen molar-refractivity contribution in [2.75, 3.05) is 24.6 Å². The fourth-order valence-corrected chi connectivity index (χ4v) is 7.12. The summed E-state index contributed by atoms with van der Waals surface area (Å²) >= 11 is 1.28. The van der Waals surface area contributed by atoms with Gasteiger partial charge in [0.05, 0.1) is 17.9 Å². The maximum atomic E-state index is 15.7. The number of anilines is 1. The predicted octanol–water partition coefficient (Wildman–Crippen LogP) is 7.22. The van der Waals surface area contributed by atoms with E-state index in [1.807, 2.05) is 57.2 Å². The number of piperidine rings is 1. The van der Waals surface area contributed by atoms with Gasteiger partial charge in [-0.05, 0) is 102 Å². The molecule has 0 unspecified atom stereocenters. The van der Waals surface area contributed by atoms with Crippen LogP contribution in [0.25, 0.3) is 32.9 Å². The van der Waals surface area contributed by atoms with E-state index in [1.165, 1.54) is 24.5 Å². The topological polar surface area (TPSA) is 82.4 Å². The third-order valence-electron chi connectivity index (χ3n) is 8.55. The molecule has 1 aromatic carbocycles. The summed E-state index contributed by atoms with van der Waals surface area (Å²) in [5, 5.41) is 1.46. The molecular formula is C33H39F2N5O3S. The monoisotopic (exact) mass is 623 g/mol. The van der Waals surface area contributed by atoms with Crippen LogP contribution in [0.2, 0.25) is 0 Å². The van der Waals surface area contributed by atoms with Gasteiger partial charge in [-0.3, -0.25) is 4.79 Å². The molecule has 0 saturated carbocycles. The van der Waals surface area contributed by atoms with E-state index >= 15 is 4.39 Å². The highest BCUT2D eigenvalue weighted by molar-refractivity contribution is 7.09. The van der Waals surface area contributed by atoms with Crippen LogP contribution in [0.5, 0.6) is 5.75 Å².